The van der Waals surface area contributed by atoms with Crippen molar-refractivity contribution in [1.29, 1.82) is 0 Å². The molecule has 2 aromatic rings. The van der Waals surface area contributed by atoms with E-state index in [2.05, 4.69) is 51.6 Å². The number of nitrogens with zero attached hydrogens (tertiary/aromatic N) is 2. The van der Waals surface area contributed by atoms with Gasteiger partial charge in [-0.2, -0.15) is 0 Å². The Hall–Kier alpha value is -3.52. The number of rotatable bonds is 7. The van der Waals surface area contributed by atoms with Crippen LogP contribution >= 0.6 is 0 Å². The Labute approximate surface area is 200 Å². The first-order valence-electron chi connectivity index (χ1n) is 11.6. The molecule has 0 unspecified atom stereocenters. The summed E-state index contributed by atoms with van der Waals surface area (Å²) in [5, 5.41) is 5.76. The summed E-state index contributed by atoms with van der Waals surface area (Å²) in [5.74, 6) is 0.279. The average Bonchev–Trinajstić information content (AvgIpc) is 2.84. The van der Waals surface area contributed by atoms with E-state index >= 15 is 0 Å². The van der Waals surface area contributed by atoms with E-state index < -0.39 is 12.0 Å². The number of anilines is 1. The first-order chi connectivity index (χ1) is 16.5. The van der Waals surface area contributed by atoms with E-state index in [0.717, 1.165) is 31.7 Å². The van der Waals surface area contributed by atoms with Gasteiger partial charge in [0.2, 0.25) is 0 Å². The lowest BCUT2D eigenvalue weighted by Crippen LogP contribution is -2.51. The van der Waals surface area contributed by atoms with Gasteiger partial charge in [0, 0.05) is 44.1 Å². The maximum Gasteiger partial charge on any atom is 0.338 e. The molecule has 8 nitrogen and oxygen atoms in total. The fourth-order valence-corrected chi connectivity index (χ4v) is 4.45. The van der Waals surface area contributed by atoms with Crippen LogP contribution in [0.2, 0.25) is 0 Å². The van der Waals surface area contributed by atoms with Crippen molar-refractivity contribution in [3.8, 4) is 5.75 Å². The molecule has 0 aromatic heterocycles. The molecule has 0 bridgehead atoms. The molecule has 2 heterocycles. The number of benzene rings is 2. The minimum Gasteiger partial charge on any atom is -0.497 e. The van der Waals surface area contributed by atoms with Crippen molar-refractivity contribution in [1.82, 2.24) is 15.5 Å². The number of aryl methyl sites for hydroxylation is 1. The Balaban J connectivity index is 1.55. The van der Waals surface area contributed by atoms with Crippen LogP contribution in [0, 0.1) is 6.92 Å². The summed E-state index contributed by atoms with van der Waals surface area (Å²) in [6.45, 7) is 8.00. The number of amides is 2. The van der Waals surface area contributed by atoms with Gasteiger partial charge < -0.3 is 25.0 Å². The van der Waals surface area contributed by atoms with Gasteiger partial charge in [0.1, 0.15) is 5.75 Å². The zero-order valence-electron chi connectivity index (χ0n) is 20.0. The highest BCUT2D eigenvalue weighted by molar-refractivity contribution is 5.95. The molecular weight excluding hydrogens is 432 g/mol. The van der Waals surface area contributed by atoms with Crippen molar-refractivity contribution >= 4 is 17.7 Å². The predicted octanol–water partition coefficient (Wildman–Crippen LogP) is 3.00. The Morgan fingerprint density at radius 2 is 1.82 bits per heavy atom. The quantitative estimate of drug-likeness (QED) is 0.613. The maximum atomic E-state index is 13.0. The summed E-state index contributed by atoms with van der Waals surface area (Å²) < 4.78 is 10.6. The number of methoxy groups -OCH3 is 1. The molecule has 2 aliphatic rings. The highest BCUT2D eigenvalue weighted by Gasteiger charge is 2.34. The fourth-order valence-electron chi connectivity index (χ4n) is 4.45. The lowest BCUT2D eigenvalue weighted by molar-refractivity contribution is -0.139. The predicted molar refractivity (Wildman–Crippen MR) is 131 cm³/mol. The maximum absolute atomic E-state index is 13.0. The standard InChI is InChI=1S/C26H32N4O4/c1-4-34-25(31)23-22(27-26(32)28-24(23)19-8-10-21(33-3)11-9-19)17-29-12-14-30(15-13-29)20-7-5-6-18(2)16-20/h5-11,16,24H,4,12-15,17H2,1-3H3,(H2,27,28,32)/t24-/m1/s1. The summed E-state index contributed by atoms with van der Waals surface area (Å²) in [6, 6.07) is 14.9. The molecule has 2 aromatic carbocycles. The van der Waals surface area contributed by atoms with Crippen LogP contribution in [0.5, 0.6) is 5.75 Å². The van der Waals surface area contributed by atoms with Crippen molar-refractivity contribution in [2.75, 3.05) is 51.3 Å². The SMILES string of the molecule is CCOC(=O)C1=C(CN2CCN(c3cccc(C)c3)CC2)NC(=O)N[C@@H]1c1ccc(OC)cc1. The van der Waals surface area contributed by atoms with Gasteiger partial charge in [0.25, 0.3) is 0 Å². The smallest absolute Gasteiger partial charge is 0.338 e. The van der Waals surface area contributed by atoms with E-state index in [1.54, 1.807) is 14.0 Å². The number of urea groups is 1. The minimum absolute atomic E-state index is 0.258. The van der Waals surface area contributed by atoms with Gasteiger partial charge in [-0.25, -0.2) is 9.59 Å². The number of hydrogen-bond acceptors (Lipinski definition) is 6. The molecule has 0 aliphatic carbocycles. The summed E-state index contributed by atoms with van der Waals surface area (Å²) in [6.07, 6.45) is 0. The minimum atomic E-state index is -0.595. The summed E-state index contributed by atoms with van der Waals surface area (Å²) in [4.78, 5) is 30.2. The number of carbonyl (C=O) groups is 2. The molecule has 0 saturated carbocycles. The Morgan fingerprint density at radius 1 is 1.09 bits per heavy atom. The normalized spacial score (nSPS) is 18.9. The van der Waals surface area contributed by atoms with Crippen molar-refractivity contribution in [2.24, 2.45) is 0 Å². The van der Waals surface area contributed by atoms with Crippen molar-refractivity contribution in [3.63, 3.8) is 0 Å². The fraction of sp³-hybridized carbons (Fsp3) is 0.385. The van der Waals surface area contributed by atoms with E-state index in [1.807, 2.05) is 24.3 Å². The molecule has 180 valence electrons. The molecule has 0 radical (unpaired) electrons. The number of hydrogen-bond donors (Lipinski definition) is 2. The third-order valence-electron chi connectivity index (χ3n) is 6.22. The molecule has 2 N–H and O–H groups in total. The molecule has 2 aliphatic heterocycles. The molecule has 1 fully saturated rings. The van der Waals surface area contributed by atoms with Crippen LogP contribution in [0.3, 0.4) is 0 Å². The highest BCUT2D eigenvalue weighted by atomic mass is 16.5. The van der Waals surface area contributed by atoms with Crippen LogP contribution in [0.15, 0.2) is 59.8 Å². The van der Waals surface area contributed by atoms with Crippen molar-refractivity contribution < 1.29 is 19.1 Å². The van der Waals surface area contributed by atoms with Gasteiger partial charge in [-0.3, -0.25) is 4.90 Å². The van der Waals surface area contributed by atoms with Crippen LogP contribution in [-0.2, 0) is 9.53 Å². The monoisotopic (exact) mass is 464 g/mol. The molecule has 8 heteroatoms. The molecule has 1 atom stereocenters. The number of nitrogens with one attached hydrogen (secondary N) is 2. The van der Waals surface area contributed by atoms with Gasteiger partial charge in [-0.05, 0) is 49.2 Å². The zero-order valence-corrected chi connectivity index (χ0v) is 20.0. The van der Waals surface area contributed by atoms with E-state index in [4.69, 9.17) is 9.47 Å². The zero-order chi connectivity index (χ0) is 24.1. The first-order valence-corrected chi connectivity index (χ1v) is 11.6. The molecule has 1 saturated heterocycles. The largest absolute Gasteiger partial charge is 0.497 e. The van der Waals surface area contributed by atoms with Crippen LogP contribution in [0.1, 0.15) is 24.1 Å². The lowest BCUT2D eigenvalue weighted by atomic mass is 9.94. The van der Waals surface area contributed by atoms with Gasteiger partial charge in [-0.15, -0.1) is 0 Å². The molecule has 0 spiro atoms. The average molecular weight is 465 g/mol. The lowest BCUT2D eigenvalue weighted by Gasteiger charge is -2.38. The van der Waals surface area contributed by atoms with Gasteiger partial charge in [0.15, 0.2) is 0 Å². The second-order valence-corrected chi connectivity index (χ2v) is 8.52. The number of piperazine rings is 1. The van der Waals surface area contributed by atoms with Crippen molar-refractivity contribution in [2.45, 2.75) is 19.9 Å². The highest BCUT2D eigenvalue weighted by Crippen LogP contribution is 2.29. The van der Waals surface area contributed by atoms with E-state index in [9.17, 15) is 9.59 Å². The molecular formula is C26H32N4O4. The third-order valence-corrected chi connectivity index (χ3v) is 6.22. The van der Waals surface area contributed by atoms with Crippen LogP contribution in [0.25, 0.3) is 0 Å². The summed E-state index contributed by atoms with van der Waals surface area (Å²) in [5.41, 5.74) is 4.28. The van der Waals surface area contributed by atoms with E-state index in [0.29, 0.717) is 23.6 Å². The second-order valence-electron chi connectivity index (χ2n) is 8.52. The van der Waals surface area contributed by atoms with Gasteiger partial charge in [0.05, 0.1) is 25.3 Å². The third kappa shape index (κ3) is 5.34. The number of carbonyl (C=O) groups excluding carboxylic acids is 2. The van der Waals surface area contributed by atoms with Crippen molar-refractivity contribution in [3.05, 3.63) is 70.9 Å². The molecule has 34 heavy (non-hydrogen) atoms. The Morgan fingerprint density at radius 3 is 2.47 bits per heavy atom. The van der Waals surface area contributed by atoms with Gasteiger partial charge >= 0.3 is 12.0 Å². The van der Waals surface area contributed by atoms with Gasteiger partial charge in [-0.1, -0.05) is 24.3 Å². The van der Waals surface area contributed by atoms with Crippen LogP contribution in [0.4, 0.5) is 10.5 Å². The Bertz CT molecular complexity index is 1060. The number of esters is 1. The Kier molecular flexibility index (Phi) is 7.37. The topological polar surface area (TPSA) is 83.1 Å². The molecule has 2 amide bonds. The summed E-state index contributed by atoms with van der Waals surface area (Å²) >= 11 is 0. The second kappa shape index (κ2) is 10.6. The molecule has 4 rings (SSSR count). The van der Waals surface area contributed by atoms with E-state index in [1.165, 1.54) is 11.3 Å². The van der Waals surface area contributed by atoms with Crippen LogP contribution in [-0.4, -0.2) is 63.3 Å². The summed E-state index contributed by atoms with van der Waals surface area (Å²) in [7, 11) is 1.60. The van der Waals surface area contributed by atoms with E-state index in [-0.39, 0.29) is 12.6 Å². The van der Waals surface area contributed by atoms with Crippen LogP contribution < -0.4 is 20.3 Å². The first kappa shape index (κ1) is 23.6. The number of ether oxygens (including phenoxy) is 2.